The second-order valence-corrected chi connectivity index (χ2v) is 8.31. The molecule has 0 N–H and O–H groups in total. The molecule has 1 saturated heterocycles. The van der Waals surface area contributed by atoms with Crippen molar-refractivity contribution in [1.29, 1.82) is 0 Å². The van der Waals surface area contributed by atoms with E-state index in [0.29, 0.717) is 12.2 Å². The number of aromatic nitrogens is 3. The molecule has 0 bridgehead atoms. The Morgan fingerprint density at radius 3 is 2.61 bits per heavy atom. The van der Waals surface area contributed by atoms with Crippen LogP contribution in [0.3, 0.4) is 0 Å². The molecular formula is C23H26N4O. The SMILES string of the molecule is Cn1cncc1-c1ccc2cnc(CC(=O)C3CCN(C4CC4)CC3)cc2c1. The van der Waals surface area contributed by atoms with Gasteiger partial charge in [-0.1, -0.05) is 12.1 Å². The van der Waals surface area contributed by atoms with Gasteiger partial charge in [0.05, 0.1) is 18.2 Å². The molecule has 2 fully saturated rings. The van der Waals surface area contributed by atoms with Crippen molar-refractivity contribution in [2.75, 3.05) is 13.1 Å². The van der Waals surface area contributed by atoms with Crippen molar-refractivity contribution in [2.24, 2.45) is 13.0 Å². The van der Waals surface area contributed by atoms with E-state index in [1.54, 1.807) is 0 Å². The summed E-state index contributed by atoms with van der Waals surface area (Å²) < 4.78 is 2.01. The fourth-order valence-electron chi connectivity index (χ4n) is 4.43. The first-order chi connectivity index (χ1) is 13.7. The van der Waals surface area contributed by atoms with Gasteiger partial charge in [-0.05, 0) is 56.3 Å². The van der Waals surface area contributed by atoms with Crippen LogP contribution in [0.4, 0.5) is 0 Å². The third kappa shape index (κ3) is 3.47. The summed E-state index contributed by atoms with van der Waals surface area (Å²) in [6, 6.07) is 9.23. The van der Waals surface area contributed by atoms with E-state index >= 15 is 0 Å². The topological polar surface area (TPSA) is 51.0 Å². The summed E-state index contributed by atoms with van der Waals surface area (Å²) >= 11 is 0. The number of piperidine rings is 1. The van der Waals surface area contributed by atoms with E-state index in [2.05, 4.69) is 39.1 Å². The number of aryl methyl sites for hydroxylation is 1. The highest BCUT2D eigenvalue weighted by atomic mass is 16.1. The first kappa shape index (κ1) is 17.6. The lowest BCUT2D eigenvalue weighted by Gasteiger charge is -2.31. The number of nitrogens with zero attached hydrogens (tertiary/aromatic N) is 4. The first-order valence-electron chi connectivity index (χ1n) is 10.3. The van der Waals surface area contributed by atoms with Gasteiger partial charge >= 0.3 is 0 Å². The molecular weight excluding hydrogens is 348 g/mol. The van der Waals surface area contributed by atoms with Crippen LogP contribution in [-0.4, -0.2) is 44.3 Å². The van der Waals surface area contributed by atoms with Crippen molar-refractivity contribution in [3.05, 3.63) is 48.7 Å². The number of pyridine rings is 1. The number of rotatable bonds is 5. The van der Waals surface area contributed by atoms with Crippen molar-refractivity contribution < 1.29 is 4.79 Å². The van der Waals surface area contributed by atoms with Gasteiger partial charge in [-0.15, -0.1) is 0 Å². The van der Waals surface area contributed by atoms with E-state index in [1.807, 2.05) is 30.3 Å². The summed E-state index contributed by atoms with van der Waals surface area (Å²) in [4.78, 5) is 24.2. The molecule has 0 spiro atoms. The molecule has 2 aromatic heterocycles. The van der Waals surface area contributed by atoms with Gasteiger partial charge in [-0.2, -0.15) is 0 Å². The third-order valence-corrected chi connectivity index (χ3v) is 6.29. The molecule has 5 heteroatoms. The number of ketones is 1. The van der Waals surface area contributed by atoms with Crippen LogP contribution in [0, 0.1) is 5.92 Å². The molecule has 1 aliphatic carbocycles. The number of Topliss-reactive ketones (excluding diaryl/α,β-unsaturated/α-hetero) is 1. The Hall–Kier alpha value is -2.53. The highest BCUT2D eigenvalue weighted by Gasteiger charge is 2.33. The lowest BCUT2D eigenvalue weighted by Crippen LogP contribution is -2.38. The van der Waals surface area contributed by atoms with E-state index in [0.717, 1.165) is 59.7 Å². The Morgan fingerprint density at radius 2 is 1.89 bits per heavy atom. The zero-order chi connectivity index (χ0) is 19.1. The van der Waals surface area contributed by atoms with Crippen LogP contribution in [0.5, 0.6) is 0 Å². The quantitative estimate of drug-likeness (QED) is 0.684. The standard InChI is InChI=1S/C23H26N4O/c1-26-15-24-14-22(26)17-2-3-18-13-25-20(11-19(18)10-17)12-23(28)16-6-8-27(9-7-16)21-4-5-21/h2-3,10-11,13-16,21H,4-9,12H2,1H3. The van der Waals surface area contributed by atoms with Gasteiger partial charge in [0.2, 0.25) is 0 Å². The average Bonchev–Trinajstić information content (AvgIpc) is 3.48. The summed E-state index contributed by atoms with van der Waals surface area (Å²) in [5, 5.41) is 2.22. The molecule has 0 unspecified atom stereocenters. The van der Waals surface area contributed by atoms with Crippen LogP contribution < -0.4 is 0 Å². The Bertz CT molecular complexity index is 1010. The first-order valence-corrected chi connectivity index (χ1v) is 10.3. The average molecular weight is 374 g/mol. The largest absolute Gasteiger partial charge is 0.334 e. The van der Waals surface area contributed by atoms with Gasteiger partial charge < -0.3 is 9.47 Å². The number of likely N-dealkylation sites (tertiary alicyclic amines) is 1. The molecule has 1 aromatic carbocycles. The number of carbonyl (C=O) groups excluding carboxylic acids is 1. The van der Waals surface area contributed by atoms with Crippen molar-refractivity contribution in [1.82, 2.24) is 19.4 Å². The zero-order valence-corrected chi connectivity index (χ0v) is 16.3. The lowest BCUT2D eigenvalue weighted by atomic mass is 9.90. The molecule has 0 atom stereocenters. The Morgan fingerprint density at radius 1 is 1.07 bits per heavy atom. The van der Waals surface area contributed by atoms with Crippen LogP contribution in [-0.2, 0) is 18.3 Å². The summed E-state index contributed by atoms with van der Waals surface area (Å²) in [6.07, 6.45) is 10.7. The Balaban J connectivity index is 1.31. The summed E-state index contributed by atoms with van der Waals surface area (Å²) in [5.41, 5.74) is 3.09. The number of hydrogen-bond acceptors (Lipinski definition) is 4. The smallest absolute Gasteiger partial charge is 0.142 e. The van der Waals surface area contributed by atoms with Crippen LogP contribution >= 0.6 is 0 Å². The fourth-order valence-corrected chi connectivity index (χ4v) is 4.43. The van der Waals surface area contributed by atoms with Crippen LogP contribution in [0.25, 0.3) is 22.0 Å². The highest BCUT2D eigenvalue weighted by molar-refractivity contribution is 5.88. The second-order valence-electron chi connectivity index (χ2n) is 8.31. The second kappa shape index (κ2) is 7.13. The molecule has 144 valence electrons. The van der Waals surface area contributed by atoms with E-state index in [9.17, 15) is 4.79 Å². The number of benzene rings is 1. The van der Waals surface area contributed by atoms with Crippen LogP contribution in [0.2, 0.25) is 0 Å². The third-order valence-electron chi connectivity index (χ3n) is 6.29. The van der Waals surface area contributed by atoms with Crippen molar-refractivity contribution >= 4 is 16.6 Å². The summed E-state index contributed by atoms with van der Waals surface area (Å²) in [7, 11) is 2.00. The molecule has 2 aliphatic rings. The molecule has 1 saturated carbocycles. The molecule has 3 heterocycles. The minimum atomic E-state index is 0.202. The van der Waals surface area contributed by atoms with Crippen molar-refractivity contribution in [3.63, 3.8) is 0 Å². The van der Waals surface area contributed by atoms with Crippen LogP contribution in [0.15, 0.2) is 43.0 Å². The fraction of sp³-hybridized carbons (Fsp3) is 0.435. The van der Waals surface area contributed by atoms with Gasteiger partial charge in [0.15, 0.2) is 0 Å². The monoisotopic (exact) mass is 374 g/mol. The van der Waals surface area contributed by atoms with E-state index < -0.39 is 0 Å². The molecule has 0 amide bonds. The number of imidazole rings is 1. The Kier molecular flexibility index (Phi) is 4.47. The number of carbonyl (C=O) groups is 1. The minimum Gasteiger partial charge on any atom is -0.334 e. The van der Waals surface area contributed by atoms with Crippen molar-refractivity contribution in [2.45, 2.75) is 38.1 Å². The zero-order valence-electron chi connectivity index (χ0n) is 16.3. The summed E-state index contributed by atoms with van der Waals surface area (Å²) in [5.74, 6) is 0.554. The van der Waals surface area contributed by atoms with Crippen molar-refractivity contribution in [3.8, 4) is 11.3 Å². The van der Waals surface area contributed by atoms with Gasteiger partial charge in [0.1, 0.15) is 5.78 Å². The molecule has 28 heavy (non-hydrogen) atoms. The lowest BCUT2D eigenvalue weighted by molar-refractivity contribution is -0.123. The molecule has 5 rings (SSSR count). The van der Waals surface area contributed by atoms with E-state index in [-0.39, 0.29) is 5.92 Å². The van der Waals surface area contributed by atoms with Crippen LogP contribution in [0.1, 0.15) is 31.4 Å². The summed E-state index contributed by atoms with van der Waals surface area (Å²) in [6.45, 7) is 2.17. The Labute approximate surface area is 165 Å². The molecule has 0 radical (unpaired) electrons. The highest BCUT2D eigenvalue weighted by Crippen LogP contribution is 2.31. The predicted molar refractivity (Wildman–Crippen MR) is 110 cm³/mol. The van der Waals surface area contributed by atoms with E-state index in [1.165, 1.54) is 12.8 Å². The maximum Gasteiger partial charge on any atom is 0.142 e. The molecule has 1 aliphatic heterocycles. The van der Waals surface area contributed by atoms with Gasteiger partial charge in [-0.25, -0.2) is 4.98 Å². The normalized spacial score (nSPS) is 18.6. The van der Waals surface area contributed by atoms with Gasteiger partial charge in [0, 0.05) is 48.3 Å². The predicted octanol–water partition coefficient (Wildman–Crippen LogP) is 3.62. The van der Waals surface area contributed by atoms with Gasteiger partial charge in [0.25, 0.3) is 0 Å². The molecule has 5 nitrogen and oxygen atoms in total. The molecule has 3 aromatic rings. The maximum atomic E-state index is 12.8. The number of fused-ring (bicyclic) bond motifs is 1. The number of hydrogen-bond donors (Lipinski definition) is 0. The maximum absolute atomic E-state index is 12.8. The van der Waals surface area contributed by atoms with Gasteiger partial charge in [-0.3, -0.25) is 9.78 Å². The van der Waals surface area contributed by atoms with E-state index in [4.69, 9.17) is 0 Å². The minimum absolute atomic E-state index is 0.202.